The highest BCUT2D eigenvalue weighted by atomic mass is 16.2. The van der Waals surface area contributed by atoms with E-state index in [-0.39, 0.29) is 0 Å². The van der Waals surface area contributed by atoms with E-state index in [4.69, 9.17) is 0 Å². The van der Waals surface area contributed by atoms with E-state index in [0.717, 1.165) is 24.9 Å². The number of hydrogen-bond acceptors (Lipinski definition) is 2. The molecule has 2 aliphatic rings. The lowest BCUT2D eigenvalue weighted by molar-refractivity contribution is -0.134. The summed E-state index contributed by atoms with van der Waals surface area (Å²) in [6, 6.07) is 0.629. The van der Waals surface area contributed by atoms with Crippen LogP contribution in [0.25, 0.3) is 0 Å². The van der Waals surface area contributed by atoms with Crippen LogP contribution in [-0.2, 0) is 4.79 Å². The number of likely N-dealkylation sites (N-methyl/N-ethyl adjacent to an activating group) is 1. The van der Waals surface area contributed by atoms with Crippen molar-refractivity contribution in [3.8, 4) is 0 Å². The van der Waals surface area contributed by atoms with Crippen LogP contribution in [0.3, 0.4) is 0 Å². The second-order valence-electron chi connectivity index (χ2n) is 6.89. The highest BCUT2D eigenvalue weighted by molar-refractivity contribution is 5.78. The summed E-state index contributed by atoms with van der Waals surface area (Å²) in [4.78, 5) is 16.7. The van der Waals surface area contributed by atoms with Crippen LogP contribution in [0.15, 0.2) is 0 Å². The highest BCUT2D eigenvalue weighted by Gasteiger charge is 2.25. The second kappa shape index (κ2) is 6.74. The van der Waals surface area contributed by atoms with Crippen molar-refractivity contribution >= 4 is 5.91 Å². The minimum Gasteiger partial charge on any atom is -0.342 e. The molecule has 1 saturated carbocycles. The van der Waals surface area contributed by atoms with Gasteiger partial charge in [-0.2, -0.15) is 0 Å². The summed E-state index contributed by atoms with van der Waals surface area (Å²) in [7, 11) is 2.13. The normalized spacial score (nSPS) is 29.8. The van der Waals surface area contributed by atoms with Crippen molar-refractivity contribution in [1.29, 1.82) is 0 Å². The van der Waals surface area contributed by atoms with E-state index < -0.39 is 0 Å². The summed E-state index contributed by atoms with van der Waals surface area (Å²) in [5, 5.41) is 0. The first kappa shape index (κ1) is 14.8. The van der Waals surface area contributed by atoms with Crippen molar-refractivity contribution in [2.24, 2.45) is 11.8 Å². The molecule has 2 rings (SSSR count). The number of nitrogens with zero attached hydrogens (tertiary/aromatic N) is 2. The third-order valence-corrected chi connectivity index (χ3v) is 5.13. The van der Waals surface area contributed by atoms with Crippen LogP contribution in [-0.4, -0.2) is 48.4 Å². The minimum absolute atomic E-state index is 0.341. The van der Waals surface area contributed by atoms with Gasteiger partial charge < -0.3 is 4.90 Å². The third kappa shape index (κ3) is 4.20. The predicted octanol–water partition coefficient (Wildman–Crippen LogP) is 2.76. The quantitative estimate of drug-likeness (QED) is 0.784. The molecule has 19 heavy (non-hydrogen) atoms. The van der Waals surface area contributed by atoms with E-state index in [2.05, 4.69) is 30.7 Å². The fourth-order valence-electron chi connectivity index (χ4n) is 3.38. The molecule has 0 radical (unpaired) electrons. The Morgan fingerprint density at radius 2 is 1.53 bits per heavy atom. The van der Waals surface area contributed by atoms with Crippen molar-refractivity contribution in [3.05, 3.63) is 0 Å². The van der Waals surface area contributed by atoms with Crippen molar-refractivity contribution in [2.45, 2.75) is 58.4 Å². The molecule has 0 bridgehead atoms. The highest BCUT2D eigenvalue weighted by Crippen LogP contribution is 2.26. The van der Waals surface area contributed by atoms with Gasteiger partial charge in [0.2, 0.25) is 5.91 Å². The molecular formula is C16H30N2O. The summed E-state index contributed by atoms with van der Waals surface area (Å²) in [6.45, 7) is 7.19. The Morgan fingerprint density at radius 3 is 2.11 bits per heavy atom. The summed E-state index contributed by atoms with van der Waals surface area (Å²) in [6.07, 6.45) is 7.53. The Kier molecular flexibility index (Phi) is 5.26. The number of hydrogen-bond donors (Lipinski definition) is 0. The Hall–Kier alpha value is -0.570. The molecule has 0 N–H and O–H groups in total. The van der Waals surface area contributed by atoms with Crippen LogP contribution < -0.4 is 0 Å². The van der Waals surface area contributed by atoms with Gasteiger partial charge in [0.25, 0.3) is 0 Å². The molecule has 110 valence electrons. The van der Waals surface area contributed by atoms with Gasteiger partial charge in [-0.1, -0.05) is 13.8 Å². The van der Waals surface area contributed by atoms with E-state index in [1.807, 2.05) is 0 Å². The fourth-order valence-corrected chi connectivity index (χ4v) is 3.38. The van der Waals surface area contributed by atoms with Crippen molar-refractivity contribution in [1.82, 2.24) is 9.80 Å². The van der Waals surface area contributed by atoms with E-state index in [9.17, 15) is 4.79 Å². The maximum absolute atomic E-state index is 12.3. The summed E-state index contributed by atoms with van der Waals surface area (Å²) >= 11 is 0. The first-order chi connectivity index (χ1) is 9.06. The number of piperidine rings is 1. The van der Waals surface area contributed by atoms with Crippen LogP contribution in [0, 0.1) is 11.8 Å². The first-order valence-electron chi connectivity index (χ1n) is 8.04. The molecule has 0 spiro atoms. The van der Waals surface area contributed by atoms with Crippen LogP contribution >= 0.6 is 0 Å². The smallest absolute Gasteiger partial charge is 0.236 e. The topological polar surface area (TPSA) is 23.6 Å². The van der Waals surface area contributed by atoms with E-state index in [1.165, 1.54) is 38.5 Å². The van der Waals surface area contributed by atoms with E-state index in [1.54, 1.807) is 0 Å². The zero-order chi connectivity index (χ0) is 13.8. The van der Waals surface area contributed by atoms with Gasteiger partial charge in [-0.15, -0.1) is 0 Å². The Labute approximate surface area is 118 Å². The first-order valence-corrected chi connectivity index (χ1v) is 8.04. The van der Waals surface area contributed by atoms with Gasteiger partial charge in [0.05, 0.1) is 6.54 Å². The Morgan fingerprint density at radius 1 is 1.00 bits per heavy atom. The molecule has 1 heterocycles. The lowest BCUT2D eigenvalue weighted by Gasteiger charge is -2.36. The standard InChI is InChI=1S/C16H30N2O/c1-13-4-6-15(7-5-13)17(3)12-16(19)18-10-8-14(2)9-11-18/h13-15H,4-12H2,1-3H3. The molecular weight excluding hydrogens is 236 g/mol. The lowest BCUT2D eigenvalue weighted by Crippen LogP contribution is -2.46. The second-order valence-corrected chi connectivity index (χ2v) is 6.89. The van der Waals surface area contributed by atoms with Gasteiger partial charge in [-0.3, -0.25) is 9.69 Å². The summed E-state index contributed by atoms with van der Waals surface area (Å²) in [5.41, 5.74) is 0. The molecule has 0 unspecified atom stereocenters. The Balaban J connectivity index is 1.75. The molecule has 1 amide bonds. The number of amides is 1. The van der Waals surface area contributed by atoms with E-state index in [0.29, 0.717) is 18.5 Å². The van der Waals surface area contributed by atoms with Crippen molar-refractivity contribution in [2.75, 3.05) is 26.7 Å². The molecule has 3 nitrogen and oxygen atoms in total. The fraction of sp³-hybridized carbons (Fsp3) is 0.938. The summed E-state index contributed by atoms with van der Waals surface area (Å²) < 4.78 is 0. The minimum atomic E-state index is 0.341. The number of rotatable bonds is 3. The summed E-state index contributed by atoms with van der Waals surface area (Å²) in [5.74, 6) is 2.01. The lowest BCUT2D eigenvalue weighted by atomic mass is 9.87. The molecule has 1 aliphatic heterocycles. The molecule has 3 heteroatoms. The molecule has 0 aromatic heterocycles. The zero-order valence-electron chi connectivity index (χ0n) is 12.9. The third-order valence-electron chi connectivity index (χ3n) is 5.13. The molecule has 2 fully saturated rings. The molecule has 0 atom stereocenters. The largest absolute Gasteiger partial charge is 0.342 e. The van der Waals surface area contributed by atoms with Crippen molar-refractivity contribution in [3.63, 3.8) is 0 Å². The zero-order valence-corrected chi connectivity index (χ0v) is 12.9. The number of carbonyl (C=O) groups is 1. The van der Waals surface area contributed by atoms with Gasteiger partial charge in [0.15, 0.2) is 0 Å². The molecule has 1 aliphatic carbocycles. The van der Waals surface area contributed by atoms with Crippen LogP contribution in [0.4, 0.5) is 0 Å². The average Bonchev–Trinajstić information content (AvgIpc) is 2.40. The maximum atomic E-state index is 12.3. The van der Waals surface area contributed by atoms with Gasteiger partial charge in [0.1, 0.15) is 0 Å². The maximum Gasteiger partial charge on any atom is 0.236 e. The van der Waals surface area contributed by atoms with E-state index >= 15 is 0 Å². The number of carbonyl (C=O) groups excluding carboxylic acids is 1. The SMILES string of the molecule is CC1CCC(N(C)CC(=O)N2CCC(C)CC2)CC1. The van der Waals surface area contributed by atoms with Crippen LogP contribution in [0.1, 0.15) is 52.4 Å². The molecule has 0 aromatic carbocycles. The average molecular weight is 266 g/mol. The van der Waals surface area contributed by atoms with Gasteiger partial charge in [0, 0.05) is 19.1 Å². The Bertz CT molecular complexity index is 289. The molecule has 1 saturated heterocycles. The monoisotopic (exact) mass is 266 g/mol. The van der Waals surface area contributed by atoms with Gasteiger partial charge in [-0.05, 0) is 57.4 Å². The molecule has 0 aromatic rings. The van der Waals surface area contributed by atoms with Crippen LogP contribution in [0.5, 0.6) is 0 Å². The number of likely N-dealkylation sites (tertiary alicyclic amines) is 1. The van der Waals surface area contributed by atoms with Gasteiger partial charge in [-0.25, -0.2) is 0 Å². The van der Waals surface area contributed by atoms with Crippen molar-refractivity contribution < 1.29 is 4.79 Å². The van der Waals surface area contributed by atoms with Gasteiger partial charge >= 0.3 is 0 Å². The predicted molar refractivity (Wildman–Crippen MR) is 79.0 cm³/mol. The van der Waals surface area contributed by atoms with Crippen LogP contribution in [0.2, 0.25) is 0 Å².